The second-order valence-corrected chi connectivity index (χ2v) is 8.08. The molecule has 3 rings (SSSR count). The lowest BCUT2D eigenvalue weighted by atomic mass is 9.89. The van der Waals surface area contributed by atoms with Crippen LogP contribution in [-0.4, -0.2) is 51.8 Å². The topological polar surface area (TPSA) is 58.3 Å². The molecule has 1 unspecified atom stereocenters. The lowest BCUT2D eigenvalue weighted by molar-refractivity contribution is 0.264. The van der Waals surface area contributed by atoms with Gasteiger partial charge in [0.2, 0.25) is 0 Å². The molecule has 0 aromatic carbocycles. The zero-order valence-corrected chi connectivity index (χ0v) is 16.7. The van der Waals surface area contributed by atoms with E-state index in [1.165, 1.54) is 44.9 Å². The lowest BCUT2D eigenvalue weighted by Gasteiger charge is -2.34. The fourth-order valence-corrected chi connectivity index (χ4v) is 4.26. The smallest absolute Gasteiger partial charge is 0.194 e. The summed E-state index contributed by atoms with van der Waals surface area (Å²) in [6.07, 6.45) is 12.3. The molecule has 1 atom stereocenters. The summed E-state index contributed by atoms with van der Waals surface area (Å²) in [7, 11) is 0. The molecule has 1 N–H and O–H groups in total. The molecular formula is C20H36N6. The van der Waals surface area contributed by atoms with Crippen molar-refractivity contribution in [2.75, 3.05) is 26.2 Å². The Morgan fingerprint density at radius 1 is 1.23 bits per heavy atom. The van der Waals surface area contributed by atoms with Gasteiger partial charge in [0, 0.05) is 39.1 Å². The van der Waals surface area contributed by atoms with Gasteiger partial charge in [-0.05, 0) is 37.5 Å². The Morgan fingerprint density at radius 2 is 2.08 bits per heavy atom. The first-order chi connectivity index (χ1) is 12.8. The van der Waals surface area contributed by atoms with Gasteiger partial charge in [-0.25, -0.2) is 0 Å². The van der Waals surface area contributed by atoms with E-state index in [1.54, 1.807) is 0 Å². The highest BCUT2D eigenvalue weighted by Crippen LogP contribution is 2.24. The predicted molar refractivity (Wildman–Crippen MR) is 106 cm³/mol. The van der Waals surface area contributed by atoms with Crippen molar-refractivity contribution < 1.29 is 0 Å². The SMILES string of the molecule is CCc1nncn1CCNC(=NCC1CCCCC1)N1CCCC(C)C1. The highest BCUT2D eigenvalue weighted by molar-refractivity contribution is 5.80. The van der Waals surface area contributed by atoms with Gasteiger partial charge in [-0.1, -0.05) is 33.1 Å². The molecule has 0 radical (unpaired) electrons. The van der Waals surface area contributed by atoms with Gasteiger partial charge >= 0.3 is 0 Å². The lowest BCUT2D eigenvalue weighted by Crippen LogP contribution is -2.47. The number of aryl methyl sites for hydroxylation is 1. The van der Waals surface area contributed by atoms with Gasteiger partial charge in [0.1, 0.15) is 12.2 Å². The van der Waals surface area contributed by atoms with Crippen molar-refractivity contribution in [1.82, 2.24) is 25.0 Å². The van der Waals surface area contributed by atoms with E-state index >= 15 is 0 Å². The number of aromatic nitrogens is 3. The monoisotopic (exact) mass is 360 g/mol. The van der Waals surface area contributed by atoms with E-state index in [0.29, 0.717) is 0 Å². The van der Waals surface area contributed by atoms with Crippen LogP contribution in [0, 0.1) is 11.8 Å². The van der Waals surface area contributed by atoms with Gasteiger partial charge in [0.15, 0.2) is 5.96 Å². The molecule has 1 aliphatic heterocycles. The highest BCUT2D eigenvalue weighted by Gasteiger charge is 2.20. The molecule has 1 aromatic rings. The number of nitrogens with zero attached hydrogens (tertiary/aromatic N) is 5. The van der Waals surface area contributed by atoms with Gasteiger partial charge in [-0.3, -0.25) is 4.99 Å². The molecule has 2 aliphatic rings. The molecule has 1 saturated carbocycles. The number of rotatable bonds is 6. The molecule has 2 heterocycles. The van der Waals surface area contributed by atoms with Gasteiger partial charge in [0.25, 0.3) is 0 Å². The molecule has 0 spiro atoms. The standard InChI is InChI=1S/C20H36N6/c1-3-19-24-23-16-26(19)13-11-21-20(25-12-7-8-17(2)15-25)22-14-18-9-5-4-6-10-18/h16-18H,3-15H2,1-2H3,(H,21,22). The quantitative estimate of drug-likeness (QED) is 0.625. The zero-order valence-electron chi connectivity index (χ0n) is 16.7. The van der Waals surface area contributed by atoms with E-state index in [1.807, 2.05) is 6.33 Å². The molecule has 6 nitrogen and oxygen atoms in total. The van der Waals surface area contributed by atoms with Gasteiger partial charge in [-0.2, -0.15) is 0 Å². The number of guanidine groups is 1. The Morgan fingerprint density at radius 3 is 2.85 bits per heavy atom. The number of aliphatic imine (C=N–C) groups is 1. The van der Waals surface area contributed by atoms with Crippen LogP contribution in [0.25, 0.3) is 0 Å². The largest absolute Gasteiger partial charge is 0.354 e. The Hall–Kier alpha value is -1.59. The maximum atomic E-state index is 5.06. The van der Waals surface area contributed by atoms with Crippen LogP contribution in [0.3, 0.4) is 0 Å². The minimum absolute atomic E-state index is 0.759. The molecule has 1 aliphatic carbocycles. The van der Waals surface area contributed by atoms with Crippen LogP contribution in [0.4, 0.5) is 0 Å². The Balaban J connectivity index is 1.58. The predicted octanol–water partition coefficient (Wildman–Crippen LogP) is 3.10. The van der Waals surface area contributed by atoms with Gasteiger partial charge < -0.3 is 14.8 Å². The summed E-state index contributed by atoms with van der Waals surface area (Å²) in [5, 5.41) is 11.8. The Bertz CT molecular complexity index is 560. The third kappa shape index (κ3) is 5.45. The van der Waals surface area contributed by atoms with E-state index in [2.05, 4.69) is 38.8 Å². The summed E-state index contributed by atoms with van der Waals surface area (Å²) in [6.45, 7) is 9.49. The molecule has 146 valence electrons. The Kier molecular flexibility index (Phi) is 7.32. The third-order valence-electron chi connectivity index (χ3n) is 5.83. The molecule has 26 heavy (non-hydrogen) atoms. The molecule has 1 saturated heterocycles. The number of hydrogen-bond donors (Lipinski definition) is 1. The van der Waals surface area contributed by atoms with Gasteiger partial charge in [-0.15, -0.1) is 10.2 Å². The first kappa shape index (κ1) is 19.2. The van der Waals surface area contributed by atoms with E-state index in [0.717, 1.165) is 62.8 Å². The first-order valence-corrected chi connectivity index (χ1v) is 10.7. The zero-order chi connectivity index (χ0) is 18.2. The first-order valence-electron chi connectivity index (χ1n) is 10.7. The Labute approximate surface area is 158 Å². The van der Waals surface area contributed by atoms with Crippen LogP contribution in [0.1, 0.15) is 64.6 Å². The molecular weight excluding hydrogens is 324 g/mol. The summed E-state index contributed by atoms with van der Waals surface area (Å²) in [5.74, 6) is 3.72. The normalized spacial score (nSPS) is 22.6. The molecule has 2 fully saturated rings. The fourth-order valence-electron chi connectivity index (χ4n) is 4.26. The summed E-state index contributed by atoms with van der Waals surface area (Å²) in [6, 6.07) is 0. The second-order valence-electron chi connectivity index (χ2n) is 8.08. The van der Waals surface area contributed by atoms with Crippen molar-refractivity contribution in [3.63, 3.8) is 0 Å². The van der Waals surface area contributed by atoms with Crippen LogP contribution >= 0.6 is 0 Å². The van der Waals surface area contributed by atoms with Crippen molar-refractivity contribution in [3.8, 4) is 0 Å². The number of hydrogen-bond acceptors (Lipinski definition) is 3. The summed E-state index contributed by atoms with van der Waals surface area (Å²) >= 11 is 0. The average Bonchev–Trinajstić information content (AvgIpc) is 3.13. The molecule has 0 bridgehead atoms. The minimum Gasteiger partial charge on any atom is -0.354 e. The van der Waals surface area contributed by atoms with Crippen LogP contribution in [0.5, 0.6) is 0 Å². The van der Waals surface area contributed by atoms with E-state index < -0.39 is 0 Å². The fraction of sp³-hybridized carbons (Fsp3) is 0.850. The number of piperidine rings is 1. The number of nitrogens with one attached hydrogen (secondary N) is 1. The minimum atomic E-state index is 0.759. The van der Waals surface area contributed by atoms with Crippen molar-refractivity contribution in [2.24, 2.45) is 16.8 Å². The highest BCUT2D eigenvalue weighted by atomic mass is 15.3. The van der Waals surface area contributed by atoms with Gasteiger partial charge in [0.05, 0.1) is 0 Å². The number of likely N-dealkylation sites (tertiary alicyclic amines) is 1. The van der Waals surface area contributed by atoms with E-state index in [-0.39, 0.29) is 0 Å². The molecule has 1 aromatic heterocycles. The molecule has 6 heteroatoms. The summed E-state index contributed by atoms with van der Waals surface area (Å²) in [4.78, 5) is 7.53. The third-order valence-corrected chi connectivity index (χ3v) is 5.83. The molecule has 0 amide bonds. The van der Waals surface area contributed by atoms with Crippen LogP contribution < -0.4 is 5.32 Å². The van der Waals surface area contributed by atoms with E-state index in [4.69, 9.17) is 4.99 Å². The maximum absolute atomic E-state index is 5.06. The maximum Gasteiger partial charge on any atom is 0.194 e. The van der Waals surface area contributed by atoms with E-state index in [9.17, 15) is 0 Å². The second kappa shape index (κ2) is 9.93. The van der Waals surface area contributed by atoms with Crippen molar-refractivity contribution in [1.29, 1.82) is 0 Å². The van der Waals surface area contributed by atoms with Crippen molar-refractivity contribution >= 4 is 5.96 Å². The average molecular weight is 361 g/mol. The van der Waals surface area contributed by atoms with Crippen LogP contribution in [-0.2, 0) is 13.0 Å². The van der Waals surface area contributed by atoms with Crippen LogP contribution in [0.2, 0.25) is 0 Å². The van der Waals surface area contributed by atoms with Crippen molar-refractivity contribution in [3.05, 3.63) is 12.2 Å². The summed E-state index contributed by atoms with van der Waals surface area (Å²) < 4.78 is 2.14. The summed E-state index contributed by atoms with van der Waals surface area (Å²) in [5.41, 5.74) is 0. The van der Waals surface area contributed by atoms with Crippen molar-refractivity contribution in [2.45, 2.75) is 71.8 Å². The van der Waals surface area contributed by atoms with Crippen LogP contribution in [0.15, 0.2) is 11.3 Å².